The predicted octanol–water partition coefficient (Wildman–Crippen LogP) is 4.35. The van der Waals surface area contributed by atoms with E-state index in [1.807, 2.05) is 12.1 Å². The second kappa shape index (κ2) is 10.6. The van der Waals surface area contributed by atoms with Crippen molar-refractivity contribution in [1.82, 2.24) is 4.90 Å². The van der Waals surface area contributed by atoms with Gasteiger partial charge in [-0.15, -0.1) is 23.7 Å². The van der Waals surface area contributed by atoms with Gasteiger partial charge in [0.05, 0.1) is 10.8 Å². The third kappa shape index (κ3) is 5.56. The van der Waals surface area contributed by atoms with E-state index in [1.165, 1.54) is 5.56 Å². The Balaban J connectivity index is 0.00000280. The summed E-state index contributed by atoms with van der Waals surface area (Å²) in [6, 6.07) is 10.3. The van der Waals surface area contributed by atoms with E-state index in [0.29, 0.717) is 19.7 Å². The first kappa shape index (κ1) is 22.4. The molecule has 5 nitrogen and oxygen atoms in total. The molecule has 0 aliphatic carbocycles. The van der Waals surface area contributed by atoms with Crippen LogP contribution in [0.4, 0.5) is 0 Å². The van der Waals surface area contributed by atoms with E-state index in [2.05, 4.69) is 47.5 Å². The number of thiophene rings is 1. The highest BCUT2D eigenvalue weighted by molar-refractivity contribution is 7.12. The lowest BCUT2D eigenvalue weighted by molar-refractivity contribution is -0.143. The van der Waals surface area contributed by atoms with Crippen LogP contribution in [0.15, 0.2) is 40.9 Å². The molecule has 1 aliphatic rings. The molecular weight excluding hydrogens is 396 g/mol. The van der Waals surface area contributed by atoms with Gasteiger partial charge in [0, 0.05) is 18.7 Å². The van der Waals surface area contributed by atoms with Crippen molar-refractivity contribution in [2.45, 2.75) is 26.7 Å². The Bertz CT molecular complexity index is 821. The fourth-order valence-corrected chi connectivity index (χ4v) is 4.33. The van der Waals surface area contributed by atoms with Crippen molar-refractivity contribution in [3.8, 4) is 0 Å². The molecule has 1 aromatic carbocycles. The number of rotatable bonds is 7. The van der Waals surface area contributed by atoms with Gasteiger partial charge >= 0.3 is 5.97 Å². The largest absolute Gasteiger partial charge is 0.481 e. The monoisotopic (exact) mass is 422 g/mol. The molecule has 1 aliphatic heterocycles. The number of oxime groups is 1. The lowest BCUT2D eigenvalue weighted by Crippen LogP contribution is -2.40. The molecule has 0 bridgehead atoms. The molecule has 152 valence electrons. The fraction of sp³-hybridized carbons (Fsp3) is 0.429. The van der Waals surface area contributed by atoms with Gasteiger partial charge in [0.1, 0.15) is 12.3 Å². The van der Waals surface area contributed by atoms with Crippen LogP contribution in [-0.4, -0.2) is 47.9 Å². The van der Waals surface area contributed by atoms with E-state index < -0.39 is 5.97 Å². The van der Waals surface area contributed by atoms with Crippen LogP contribution in [0, 0.1) is 19.8 Å². The summed E-state index contributed by atoms with van der Waals surface area (Å²) < 4.78 is 0. The van der Waals surface area contributed by atoms with Crippen LogP contribution in [0.5, 0.6) is 0 Å². The molecule has 1 fully saturated rings. The van der Waals surface area contributed by atoms with Crippen LogP contribution in [-0.2, 0) is 9.63 Å². The number of nitrogens with zero attached hydrogens (tertiary/aromatic N) is 2. The maximum absolute atomic E-state index is 11.2. The molecule has 3 rings (SSSR count). The Kier molecular flexibility index (Phi) is 8.48. The van der Waals surface area contributed by atoms with Crippen LogP contribution in [0.25, 0.3) is 0 Å². The molecule has 1 aromatic heterocycles. The zero-order valence-electron chi connectivity index (χ0n) is 16.3. The molecule has 2 aromatic rings. The molecule has 1 atom stereocenters. The van der Waals surface area contributed by atoms with Crippen LogP contribution in [0.3, 0.4) is 0 Å². The summed E-state index contributed by atoms with van der Waals surface area (Å²) in [6.45, 7) is 6.82. The summed E-state index contributed by atoms with van der Waals surface area (Å²) in [5.41, 5.74) is 4.29. The predicted molar refractivity (Wildman–Crippen MR) is 116 cm³/mol. The van der Waals surface area contributed by atoms with Gasteiger partial charge in [0.2, 0.25) is 0 Å². The van der Waals surface area contributed by atoms with Gasteiger partial charge in [-0.1, -0.05) is 29.4 Å². The number of hydrogen-bond acceptors (Lipinski definition) is 5. The van der Waals surface area contributed by atoms with Crippen LogP contribution < -0.4 is 0 Å². The van der Waals surface area contributed by atoms with Gasteiger partial charge in [-0.05, 0) is 55.8 Å². The Morgan fingerprint density at radius 1 is 1.29 bits per heavy atom. The summed E-state index contributed by atoms with van der Waals surface area (Å²) in [4.78, 5) is 20.2. The van der Waals surface area contributed by atoms with E-state index >= 15 is 0 Å². The molecule has 1 N–H and O–H groups in total. The topological polar surface area (TPSA) is 62.1 Å². The first-order chi connectivity index (χ1) is 13.1. The highest BCUT2D eigenvalue weighted by Gasteiger charge is 2.25. The van der Waals surface area contributed by atoms with Gasteiger partial charge in [-0.3, -0.25) is 9.69 Å². The highest BCUT2D eigenvalue weighted by Crippen LogP contribution is 2.23. The molecule has 0 radical (unpaired) electrons. The first-order valence-electron chi connectivity index (χ1n) is 9.32. The smallest absolute Gasteiger partial charge is 0.307 e. The molecule has 28 heavy (non-hydrogen) atoms. The number of aryl methyl sites for hydroxylation is 2. The van der Waals surface area contributed by atoms with Crippen molar-refractivity contribution in [1.29, 1.82) is 0 Å². The maximum Gasteiger partial charge on any atom is 0.307 e. The van der Waals surface area contributed by atoms with Gasteiger partial charge in [0.15, 0.2) is 0 Å². The Morgan fingerprint density at radius 2 is 2.07 bits per heavy atom. The third-order valence-corrected chi connectivity index (χ3v) is 6.01. The number of benzene rings is 1. The van der Waals surface area contributed by atoms with Gasteiger partial charge in [0.25, 0.3) is 0 Å². The number of carbonyl (C=O) groups is 1. The summed E-state index contributed by atoms with van der Waals surface area (Å²) in [6.07, 6.45) is 1.68. The molecule has 0 unspecified atom stereocenters. The van der Waals surface area contributed by atoms with E-state index in [1.54, 1.807) is 11.3 Å². The van der Waals surface area contributed by atoms with E-state index in [0.717, 1.165) is 41.1 Å². The van der Waals surface area contributed by atoms with E-state index in [9.17, 15) is 9.90 Å². The number of aliphatic carboxylic acids is 1. The minimum absolute atomic E-state index is 0. The van der Waals surface area contributed by atoms with Crippen molar-refractivity contribution in [3.63, 3.8) is 0 Å². The minimum atomic E-state index is -0.700. The number of carboxylic acid groups (broad SMARTS) is 1. The minimum Gasteiger partial charge on any atom is -0.481 e. The quantitative estimate of drug-likeness (QED) is 0.409. The van der Waals surface area contributed by atoms with Crippen molar-refractivity contribution in [2.75, 3.05) is 26.2 Å². The SMILES string of the molecule is Cc1ccccc1/C(=N/OCCN1CCC[C@H](C(=O)O)C1)c1sccc1C.Cl. The first-order valence-corrected chi connectivity index (χ1v) is 10.2. The number of likely N-dealkylation sites (tertiary alicyclic amines) is 1. The van der Waals surface area contributed by atoms with Gasteiger partial charge < -0.3 is 9.94 Å². The molecule has 0 spiro atoms. The molecule has 1 saturated heterocycles. The normalized spacial score (nSPS) is 17.8. The molecule has 2 heterocycles. The van der Waals surface area contributed by atoms with Crippen molar-refractivity contribution in [3.05, 3.63) is 57.3 Å². The zero-order valence-corrected chi connectivity index (χ0v) is 17.9. The third-order valence-electron chi connectivity index (χ3n) is 4.99. The number of hydrogen-bond donors (Lipinski definition) is 1. The van der Waals surface area contributed by atoms with Gasteiger partial charge in [-0.25, -0.2) is 0 Å². The second-order valence-electron chi connectivity index (χ2n) is 7.00. The molecule has 0 amide bonds. The second-order valence-corrected chi connectivity index (χ2v) is 7.91. The zero-order chi connectivity index (χ0) is 19.2. The maximum atomic E-state index is 11.2. The van der Waals surface area contributed by atoms with E-state index in [4.69, 9.17) is 4.84 Å². The lowest BCUT2D eigenvalue weighted by Gasteiger charge is -2.29. The number of piperidine rings is 1. The summed E-state index contributed by atoms with van der Waals surface area (Å²) in [7, 11) is 0. The molecular formula is C21H27ClN2O3S. The molecule has 0 saturated carbocycles. The summed E-state index contributed by atoms with van der Waals surface area (Å²) >= 11 is 1.66. The molecule has 7 heteroatoms. The fourth-order valence-electron chi connectivity index (χ4n) is 3.41. The van der Waals surface area contributed by atoms with Crippen molar-refractivity contribution >= 4 is 35.4 Å². The number of halogens is 1. The average Bonchev–Trinajstić information content (AvgIpc) is 3.09. The average molecular weight is 423 g/mol. The van der Waals surface area contributed by atoms with Crippen LogP contribution >= 0.6 is 23.7 Å². The van der Waals surface area contributed by atoms with Gasteiger partial charge in [-0.2, -0.15) is 0 Å². The summed E-state index contributed by atoms with van der Waals surface area (Å²) in [5, 5.41) is 15.8. The van der Waals surface area contributed by atoms with Crippen LogP contribution in [0.2, 0.25) is 0 Å². The number of carboxylic acids is 1. The van der Waals surface area contributed by atoms with Crippen molar-refractivity contribution < 1.29 is 14.7 Å². The summed E-state index contributed by atoms with van der Waals surface area (Å²) in [5.74, 6) is -0.966. The highest BCUT2D eigenvalue weighted by atomic mass is 35.5. The Morgan fingerprint density at radius 3 is 2.75 bits per heavy atom. The Hall–Kier alpha value is -1.89. The van der Waals surface area contributed by atoms with E-state index in [-0.39, 0.29) is 18.3 Å². The Labute approximate surface area is 176 Å². The lowest BCUT2D eigenvalue weighted by atomic mass is 9.98. The van der Waals surface area contributed by atoms with Crippen molar-refractivity contribution in [2.24, 2.45) is 11.1 Å². The standard InChI is InChI=1S/C21H26N2O3S.ClH/c1-15-6-3-4-8-18(15)19(20-16(2)9-13-27-20)22-26-12-11-23-10-5-7-17(14-23)21(24)25;/h3-4,6,8-9,13,17H,5,7,10-12,14H2,1-2H3,(H,24,25);1H/b22-19-;/t17-;/m0./s1. The van der Waals surface area contributed by atoms with Crippen LogP contribution in [0.1, 0.15) is 34.4 Å².